The van der Waals surface area contributed by atoms with Crippen molar-refractivity contribution in [3.05, 3.63) is 40.1 Å². The monoisotopic (exact) mass is 271 g/mol. The Hall–Kier alpha value is -2.15. The molecule has 0 aliphatic heterocycles. The highest BCUT2D eigenvalue weighted by molar-refractivity contribution is 6.33. The number of carboxylic acids is 1. The molecule has 8 heteroatoms. The minimum Gasteiger partial charge on any atom is -0.480 e. The van der Waals surface area contributed by atoms with Gasteiger partial charge in [0, 0.05) is 6.07 Å². The van der Waals surface area contributed by atoms with Crippen molar-refractivity contribution in [3.63, 3.8) is 0 Å². The maximum Gasteiger partial charge on any atom is 0.326 e. The van der Waals surface area contributed by atoms with Crippen LogP contribution >= 0.6 is 11.6 Å². The van der Waals surface area contributed by atoms with E-state index in [4.69, 9.17) is 16.7 Å². The Balaban J connectivity index is 2.93. The van der Waals surface area contributed by atoms with Crippen LogP contribution in [0.4, 0.5) is 11.5 Å². The van der Waals surface area contributed by atoms with E-state index in [1.165, 1.54) is 6.08 Å². The summed E-state index contributed by atoms with van der Waals surface area (Å²) in [6.45, 7) is 3.44. The van der Waals surface area contributed by atoms with E-state index in [1.807, 2.05) is 0 Å². The van der Waals surface area contributed by atoms with Gasteiger partial charge in [-0.15, -0.1) is 6.58 Å². The predicted octanol–water partition coefficient (Wildman–Crippen LogP) is 2.08. The van der Waals surface area contributed by atoms with Crippen molar-refractivity contribution >= 4 is 29.1 Å². The lowest BCUT2D eigenvalue weighted by molar-refractivity contribution is -0.385. The van der Waals surface area contributed by atoms with Crippen LogP contribution in [0, 0.1) is 10.1 Å². The number of nitrogens with one attached hydrogen (secondary N) is 1. The normalized spacial score (nSPS) is 11.6. The van der Waals surface area contributed by atoms with Gasteiger partial charge in [0.25, 0.3) is 5.69 Å². The van der Waals surface area contributed by atoms with Crippen LogP contribution in [0.3, 0.4) is 0 Å². The summed E-state index contributed by atoms with van der Waals surface area (Å²) in [4.78, 5) is 24.5. The van der Waals surface area contributed by atoms with Gasteiger partial charge in [-0.05, 0) is 6.42 Å². The molecule has 18 heavy (non-hydrogen) atoms. The molecule has 96 valence electrons. The van der Waals surface area contributed by atoms with E-state index < -0.39 is 16.9 Å². The smallest absolute Gasteiger partial charge is 0.326 e. The van der Waals surface area contributed by atoms with Crippen molar-refractivity contribution in [2.45, 2.75) is 12.5 Å². The molecule has 1 aromatic rings. The summed E-state index contributed by atoms with van der Waals surface area (Å²) >= 11 is 5.77. The van der Waals surface area contributed by atoms with Crippen LogP contribution in [0.2, 0.25) is 5.02 Å². The van der Waals surface area contributed by atoms with E-state index in [0.29, 0.717) is 0 Å². The van der Waals surface area contributed by atoms with Crippen molar-refractivity contribution in [1.29, 1.82) is 0 Å². The van der Waals surface area contributed by atoms with E-state index in [-0.39, 0.29) is 22.9 Å². The minimum absolute atomic E-state index is 0.0143. The van der Waals surface area contributed by atoms with Crippen LogP contribution in [0.5, 0.6) is 0 Å². The number of nitro groups is 1. The molecule has 1 aromatic heterocycles. The molecule has 0 aliphatic carbocycles. The van der Waals surface area contributed by atoms with Crippen molar-refractivity contribution < 1.29 is 14.8 Å². The zero-order chi connectivity index (χ0) is 13.7. The summed E-state index contributed by atoms with van der Waals surface area (Å²) in [5.41, 5.74) is -0.263. The van der Waals surface area contributed by atoms with Crippen molar-refractivity contribution in [2.24, 2.45) is 0 Å². The third kappa shape index (κ3) is 3.42. The van der Waals surface area contributed by atoms with Crippen LogP contribution in [-0.2, 0) is 4.79 Å². The molecule has 0 spiro atoms. The molecule has 1 rings (SSSR count). The Kier molecular flexibility index (Phi) is 4.61. The second kappa shape index (κ2) is 5.97. The Labute approximate surface area is 107 Å². The van der Waals surface area contributed by atoms with Crippen LogP contribution in [-0.4, -0.2) is 27.0 Å². The average molecular weight is 272 g/mol. The van der Waals surface area contributed by atoms with Crippen LogP contribution in [0.15, 0.2) is 24.9 Å². The zero-order valence-electron chi connectivity index (χ0n) is 9.17. The number of carbonyl (C=O) groups is 1. The van der Waals surface area contributed by atoms with E-state index in [1.54, 1.807) is 0 Å². The summed E-state index contributed by atoms with van der Waals surface area (Å²) in [7, 11) is 0. The Morgan fingerprint density at radius 2 is 2.44 bits per heavy atom. The third-order valence-electron chi connectivity index (χ3n) is 2.05. The molecule has 0 aromatic carbocycles. The summed E-state index contributed by atoms with van der Waals surface area (Å²) in [5.74, 6) is -1.01. The molecule has 0 radical (unpaired) electrons. The maximum absolute atomic E-state index is 10.9. The molecule has 0 fully saturated rings. The molecule has 2 N–H and O–H groups in total. The number of hydrogen-bond acceptors (Lipinski definition) is 5. The minimum atomic E-state index is -1.09. The molecule has 1 heterocycles. The lowest BCUT2D eigenvalue weighted by Crippen LogP contribution is -2.29. The van der Waals surface area contributed by atoms with Gasteiger partial charge >= 0.3 is 5.97 Å². The fraction of sp³-hybridized carbons (Fsp3) is 0.200. The first kappa shape index (κ1) is 13.9. The summed E-state index contributed by atoms with van der Waals surface area (Å²) in [6.07, 6.45) is 2.61. The van der Waals surface area contributed by atoms with E-state index in [9.17, 15) is 14.9 Å². The number of hydrogen-bond donors (Lipinski definition) is 2. The number of carboxylic acid groups (broad SMARTS) is 1. The topological polar surface area (TPSA) is 105 Å². The van der Waals surface area contributed by atoms with Crippen LogP contribution < -0.4 is 5.32 Å². The number of anilines is 1. The molecule has 0 amide bonds. The largest absolute Gasteiger partial charge is 0.480 e. The molecule has 7 nitrogen and oxygen atoms in total. The highest BCUT2D eigenvalue weighted by Gasteiger charge is 2.18. The molecule has 0 saturated carbocycles. The molecular formula is C10H10ClN3O4. The summed E-state index contributed by atoms with van der Waals surface area (Å²) < 4.78 is 0. The van der Waals surface area contributed by atoms with Crippen molar-refractivity contribution in [2.75, 3.05) is 5.32 Å². The van der Waals surface area contributed by atoms with Gasteiger partial charge in [0.2, 0.25) is 0 Å². The second-order valence-electron chi connectivity index (χ2n) is 3.34. The second-order valence-corrected chi connectivity index (χ2v) is 3.75. The number of halogens is 1. The molecule has 0 aliphatic rings. The van der Waals surface area contributed by atoms with Gasteiger partial charge in [0.15, 0.2) is 0 Å². The van der Waals surface area contributed by atoms with Gasteiger partial charge in [-0.25, -0.2) is 9.78 Å². The average Bonchev–Trinajstić information content (AvgIpc) is 2.30. The molecule has 1 unspecified atom stereocenters. The van der Waals surface area contributed by atoms with Gasteiger partial charge in [0.1, 0.15) is 18.1 Å². The molecule has 0 saturated heterocycles. The fourth-order valence-corrected chi connectivity index (χ4v) is 1.40. The third-order valence-corrected chi connectivity index (χ3v) is 2.34. The first-order chi connectivity index (χ1) is 8.45. The van der Waals surface area contributed by atoms with Gasteiger partial charge in [-0.1, -0.05) is 17.7 Å². The maximum atomic E-state index is 10.9. The summed E-state index contributed by atoms with van der Waals surface area (Å²) in [6, 6.07) is 0.165. The zero-order valence-corrected chi connectivity index (χ0v) is 9.92. The summed E-state index contributed by atoms with van der Waals surface area (Å²) in [5, 5.41) is 21.9. The SMILES string of the molecule is C=CCC(Nc1ncc([N+](=O)[O-])cc1Cl)C(=O)O. The number of aliphatic carboxylic acids is 1. The number of pyridine rings is 1. The molecular weight excluding hydrogens is 262 g/mol. The molecule has 1 atom stereocenters. The quantitative estimate of drug-likeness (QED) is 0.466. The van der Waals surface area contributed by atoms with E-state index >= 15 is 0 Å². The highest BCUT2D eigenvalue weighted by Crippen LogP contribution is 2.24. The molecule has 0 bridgehead atoms. The standard InChI is InChI=1S/C10H10ClN3O4/c1-2-3-8(10(15)16)13-9-7(11)4-6(5-12-9)14(17)18/h2,4-5,8H,1,3H2,(H,12,13)(H,15,16). The van der Waals surface area contributed by atoms with Gasteiger partial charge < -0.3 is 10.4 Å². The van der Waals surface area contributed by atoms with Crippen LogP contribution in [0.25, 0.3) is 0 Å². The lowest BCUT2D eigenvalue weighted by Gasteiger charge is -2.13. The first-order valence-electron chi connectivity index (χ1n) is 4.86. The van der Waals surface area contributed by atoms with Gasteiger partial charge in [-0.3, -0.25) is 10.1 Å². The number of rotatable bonds is 6. The van der Waals surface area contributed by atoms with Gasteiger partial charge in [-0.2, -0.15) is 0 Å². The Morgan fingerprint density at radius 3 is 2.89 bits per heavy atom. The van der Waals surface area contributed by atoms with E-state index in [2.05, 4.69) is 16.9 Å². The van der Waals surface area contributed by atoms with Gasteiger partial charge in [0.05, 0.1) is 9.95 Å². The lowest BCUT2D eigenvalue weighted by atomic mass is 10.2. The Bertz CT molecular complexity index is 492. The Morgan fingerprint density at radius 1 is 1.78 bits per heavy atom. The fourth-order valence-electron chi connectivity index (χ4n) is 1.19. The predicted molar refractivity (Wildman–Crippen MR) is 65.8 cm³/mol. The first-order valence-corrected chi connectivity index (χ1v) is 5.23. The van der Waals surface area contributed by atoms with Crippen molar-refractivity contribution in [1.82, 2.24) is 4.98 Å². The van der Waals surface area contributed by atoms with E-state index in [0.717, 1.165) is 12.3 Å². The van der Waals surface area contributed by atoms with Crippen LogP contribution in [0.1, 0.15) is 6.42 Å². The number of aromatic nitrogens is 1. The highest BCUT2D eigenvalue weighted by atomic mass is 35.5. The van der Waals surface area contributed by atoms with Crippen molar-refractivity contribution in [3.8, 4) is 0 Å². The number of nitrogens with zero attached hydrogens (tertiary/aromatic N) is 2.